The molecule has 31 heavy (non-hydrogen) atoms. The fraction of sp³-hybridized carbons (Fsp3) is 0.435. The van der Waals surface area contributed by atoms with Crippen molar-refractivity contribution in [2.45, 2.75) is 32.4 Å². The molecule has 4 heterocycles. The lowest BCUT2D eigenvalue weighted by atomic mass is 9.93. The van der Waals surface area contributed by atoms with Crippen LogP contribution in [0.15, 0.2) is 35.0 Å². The van der Waals surface area contributed by atoms with Gasteiger partial charge in [-0.3, -0.25) is 14.5 Å². The van der Waals surface area contributed by atoms with E-state index in [2.05, 4.69) is 28.4 Å². The van der Waals surface area contributed by atoms with Crippen LogP contribution in [0, 0.1) is 6.92 Å². The smallest absolute Gasteiger partial charge is 0.287 e. The molecule has 8 nitrogen and oxygen atoms in total. The molecule has 0 spiro atoms. The highest BCUT2D eigenvalue weighted by atomic mass is 16.5. The van der Waals surface area contributed by atoms with Gasteiger partial charge in [-0.15, -0.1) is 0 Å². The van der Waals surface area contributed by atoms with Crippen LogP contribution in [0.5, 0.6) is 0 Å². The zero-order valence-electron chi connectivity index (χ0n) is 17.9. The van der Waals surface area contributed by atoms with E-state index in [9.17, 15) is 4.79 Å². The Kier molecular flexibility index (Phi) is 5.33. The molecule has 0 radical (unpaired) electrons. The van der Waals surface area contributed by atoms with Gasteiger partial charge in [-0.25, -0.2) is 0 Å². The number of hydrogen-bond acceptors (Lipinski definition) is 6. The van der Waals surface area contributed by atoms with Crippen molar-refractivity contribution in [3.8, 4) is 11.3 Å². The fourth-order valence-electron chi connectivity index (χ4n) is 4.40. The molecule has 1 atom stereocenters. The van der Waals surface area contributed by atoms with Crippen LogP contribution in [0.1, 0.15) is 33.1 Å². The van der Waals surface area contributed by atoms with Gasteiger partial charge >= 0.3 is 0 Å². The highest BCUT2D eigenvalue weighted by Gasteiger charge is 2.30. The highest BCUT2D eigenvalue weighted by Crippen LogP contribution is 2.38. The lowest BCUT2D eigenvalue weighted by Gasteiger charge is -2.29. The number of pyridine rings is 1. The summed E-state index contributed by atoms with van der Waals surface area (Å²) in [6.45, 7) is 5.44. The summed E-state index contributed by atoms with van der Waals surface area (Å²) >= 11 is 0. The Morgan fingerprint density at radius 1 is 1.32 bits per heavy atom. The number of nitrogens with one attached hydrogen (secondary N) is 1. The summed E-state index contributed by atoms with van der Waals surface area (Å²) in [5, 5.41) is 7.79. The van der Waals surface area contributed by atoms with Crippen molar-refractivity contribution in [2.75, 3.05) is 33.3 Å². The van der Waals surface area contributed by atoms with E-state index in [4.69, 9.17) is 14.3 Å². The van der Waals surface area contributed by atoms with E-state index >= 15 is 0 Å². The van der Waals surface area contributed by atoms with Crippen molar-refractivity contribution in [3.05, 3.63) is 58.9 Å². The number of rotatable bonds is 5. The minimum absolute atomic E-state index is 0.00138. The molecule has 1 amide bonds. The molecule has 3 aromatic heterocycles. The van der Waals surface area contributed by atoms with Crippen molar-refractivity contribution in [3.63, 3.8) is 0 Å². The maximum absolute atomic E-state index is 12.9. The average Bonchev–Trinajstić information content (AvgIpc) is 3.33. The molecular formula is C23H27N5O3. The van der Waals surface area contributed by atoms with Crippen LogP contribution in [-0.2, 0) is 24.1 Å². The molecule has 0 saturated carbocycles. The molecule has 0 aromatic carbocycles. The third kappa shape index (κ3) is 4.00. The van der Waals surface area contributed by atoms with Crippen LogP contribution in [-0.4, -0.2) is 65.0 Å². The van der Waals surface area contributed by atoms with Crippen molar-refractivity contribution >= 4 is 5.91 Å². The molecule has 1 unspecified atom stereocenters. The molecule has 162 valence electrons. The number of furan rings is 1. The van der Waals surface area contributed by atoms with E-state index in [1.165, 1.54) is 5.56 Å². The number of amides is 1. The van der Waals surface area contributed by atoms with Gasteiger partial charge in [0.05, 0.1) is 30.6 Å². The number of aromatic nitrogens is 3. The Hall–Kier alpha value is -2.97. The SMILES string of the molecule is Cc1c(C(=O)NCC2CN(C)CCO2)oc2c1-c1nn(Cc3ccccn3)cc1CC2. The quantitative estimate of drug-likeness (QED) is 0.679. The minimum atomic E-state index is -0.196. The van der Waals surface area contributed by atoms with E-state index in [0.717, 1.165) is 54.2 Å². The first-order valence-corrected chi connectivity index (χ1v) is 10.8. The molecule has 0 bridgehead atoms. The average molecular weight is 422 g/mol. The Morgan fingerprint density at radius 3 is 3.03 bits per heavy atom. The van der Waals surface area contributed by atoms with Gasteiger partial charge in [-0.05, 0) is 38.1 Å². The zero-order chi connectivity index (χ0) is 21.4. The number of ether oxygens (including phenoxy) is 1. The molecule has 1 fully saturated rings. The van der Waals surface area contributed by atoms with Crippen LogP contribution in [0.4, 0.5) is 0 Å². The first kappa shape index (κ1) is 20.0. The van der Waals surface area contributed by atoms with Crippen LogP contribution >= 0.6 is 0 Å². The first-order chi connectivity index (χ1) is 15.1. The van der Waals surface area contributed by atoms with Crippen LogP contribution in [0.3, 0.4) is 0 Å². The third-order valence-corrected chi connectivity index (χ3v) is 6.00. The summed E-state index contributed by atoms with van der Waals surface area (Å²) in [6.07, 6.45) is 5.48. The summed E-state index contributed by atoms with van der Waals surface area (Å²) in [6, 6.07) is 5.88. The lowest BCUT2D eigenvalue weighted by Crippen LogP contribution is -2.45. The van der Waals surface area contributed by atoms with Gasteiger partial charge in [-0.2, -0.15) is 5.10 Å². The minimum Gasteiger partial charge on any atom is -0.455 e. The van der Waals surface area contributed by atoms with E-state index in [1.54, 1.807) is 6.20 Å². The second-order valence-electron chi connectivity index (χ2n) is 8.34. The topological polar surface area (TPSA) is 85.4 Å². The molecular weight excluding hydrogens is 394 g/mol. The standard InChI is InChI=1S/C23H27N5O3/c1-15-20-19(31-22(15)23(29)25-11-18-14-27(2)9-10-30-18)7-6-16-12-28(26-21(16)20)13-17-5-3-4-8-24-17/h3-5,8,12,18H,6-7,9-11,13-14H2,1-2H3,(H,25,29). The highest BCUT2D eigenvalue weighted by molar-refractivity contribution is 5.95. The normalized spacial score (nSPS) is 18.5. The number of morpholine rings is 1. The van der Waals surface area contributed by atoms with E-state index in [-0.39, 0.29) is 12.0 Å². The summed E-state index contributed by atoms with van der Waals surface area (Å²) in [5.74, 6) is 1.02. The van der Waals surface area contributed by atoms with Crippen molar-refractivity contribution < 1.29 is 13.9 Å². The first-order valence-electron chi connectivity index (χ1n) is 10.8. The molecule has 1 saturated heterocycles. The Balaban J connectivity index is 1.34. The fourth-order valence-corrected chi connectivity index (χ4v) is 4.40. The monoisotopic (exact) mass is 421 g/mol. The molecule has 1 aliphatic carbocycles. The predicted octanol–water partition coefficient (Wildman–Crippen LogP) is 2.05. The summed E-state index contributed by atoms with van der Waals surface area (Å²) < 4.78 is 13.7. The maximum atomic E-state index is 12.9. The van der Waals surface area contributed by atoms with E-state index in [1.807, 2.05) is 29.8 Å². The predicted molar refractivity (Wildman–Crippen MR) is 115 cm³/mol. The molecule has 1 aliphatic heterocycles. The van der Waals surface area contributed by atoms with E-state index in [0.29, 0.717) is 25.5 Å². The number of aryl methyl sites for hydroxylation is 2. The van der Waals surface area contributed by atoms with E-state index < -0.39 is 0 Å². The van der Waals surface area contributed by atoms with Gasteiger partial charge in [0, 0.05) is 49.6 Å². The number of nitrogens with zero attached hydrogens (tertiary/aromatic N) is 4. The van der Waals surface area contributed by atoms with Gasteiger partial charge in [0.25, 0.3) is 5.91 Å². The lowest BCUT2D eigenvalue weighted by molar-refractivity contribution is -0.0176. The summed E-state index contributed by atoms with van der Waals surface area (Å²) in [5.41, 5.74) is 4.85. The Labute approximate surface area is 181 Å². The summed E-state index contributed by atoms with van der Waals surface area (Å²) in [7, 11) is 2.06. The molecule has 3 aromatic rings. The molecule has 5 rings (SSSR count). The largest absolute Gasteiger partial charge is 0.455 e. The maximum Gasteiger partial charge on any atom is 0.287 e. The third-order valence-electron chi connectivity index (χ3n) is 6.00. The van der Waals surface area contributed by atoms with Crippen LogP contribution < -0.4 is 5.32 Å². The van der Waals surface area contributed by atoms with Gasteiger partial charge < -0.3 is 19.4 Å². The van der Waals surface area contributed by atoms with Crippen LogP contribution in [0.2, 0.25) is 0 Å². The molecule has 1 N–H and O–H groups in total. The van der Waals surface area contributed by atoms with Crippen LogP contribution in [0.25, 0.3) is 11.3 Å². The summed E-state index contributed by atoms with van der Waals surface area (Å²) in [4.78, 5) is 19.5. The number of hydrogen-bond donors (Lipinski definition) is 1. The number of likely N-dealkylation sites (N-methyl/N-ethyl adjacent to an activating group) is 1. The molecule has 8 heteroatoms. The second kappa shape index (κ2) is 8.28. The van der Waals surface area contributed by atoms with Crippen molar-refractivity contribution in [1.82, 2.24) is 25.0 Å². The number of carbonyl (C=O) groups excluding carboxylic acids is 1. The van der Waals surface area contributed by atoms with Crippen molar-refractivity contribution in [2.24, 2.45) is 0 Å². The molecule has 2 aliphatic rings. The number of carbonyl (C=O) groups is 1. The van der Waals surface area contributed by atoms with Gasteiger partial charge in [0.2, 0.25) is 0 Å². The number of fused-ring (bicyclic) bond motifs is 3. The van der Waals surface area contributed by atoms with Gasteiger partial charge in [0.1, 0.15) is 5.76 Å². The second-order valence-corrected chi connectivity index (χ2v) is 8.34. The Morgan fingerprint density at radius 2 is 2.23 bits per heavy atom. The van der Waals surface area contributed by atoms with Gasteiger partial charge in [0.15, 0.2) is 5.76 Å². The van der Waals surface area contributed by atoms with Crippen molar-refractivity contribution in [1.29, 1.82) is 0 Å². The van der Waals surface area contributed by atoms with Gasteiger partial charge in [-0.1, -0.05) is 6.07 Å². The zero-order valence-corrected chi connectivity index (χ0v) is 17.9. The Bertz CT molecular complexity index is 1090.